The van der Waals surface area contributed by atoms with Crippen LogP contribution in [0.25, 0.3) is 0 Å². The molecule has 0 amide bonds. The molecule has 17 heavy (non-hydrogen) atoms. The number of ether oxygens (including phenoxy) is 1. The molecule has 1 saturated heterocycles. The van der Waals surface area contributed by atoms with E-state index in [9.17, 15) is 0 Å². The maximum Gasteiger partial charge on any atom is 0.0931 e. The molecular weight excluding hydrogens is 256 g/mol. The average molecular weight is 275 g/mol. The first kappa shape index (κ1) is 13.3. The highest BCUT2D eigenvalue weighted by Crippen LogP contribution is 2.23. The summed E-state index contributed by atoms with van der Waals surface area (Å²) in [4.78, 5) is 3.66. The largest absolute Gasteiger partial charge is 0.379 e. The molecule has 0 bridgehead atoms. The molecule has 0 aliphatic carbocycles. The smallest absolute Gasteiger partial charge is 0.0931 e. The van der Waals surface area contributed by atoms with E-state index in [4.69, 9.17) is 16.3 Å². The molecule has 2 atom stereocenters. The fourth-order valence-electron chi connectivity index (χ4n) is 2.27. The Morgan fingerprint density at radius 1 is 1.53 bits per heavy atom. The van der Waals surface area contributed by atoms with Crippen LogP contribution in [0.15, 0.2) is 12.1 Å². The summed E-state index contributed by atoms with van der Waals surface area (Å²) in [6.45, 7) is 3.71. The molecule has 5 heteroatoms. The summed E-state index contributed by atoms with van der Waals surface area (Å²) in [7, 11) is 4.16. The van der Waals surface area contributed by atoms with Crippen LogP contribution >= 0.6 is 22.9 Å². The zero-order valence-electron chi connectivity index (χ0n) is 10.3. The second kappa shape index (κ2) is 6.16. The quantitative estimate of drug-likeness (QED) is 0.890. The van der Waals surface area contributed by atoms with Crippen molar-refractivity contribution in [3.8, 4) is 0 Å². The molecular formula is C12H19ClN2OS. The van der Waals surface area contributed by atoms with Crippen LogP contribution in [-0.2, 0) is 11.3 Å². The Labute approximate surface area is 112 Å². The van der Waals surface area contributed by atoms with Gasteiger partial charge in [-0.1, -0.05) is 11.6 Å². The molecule has 1 aliphatic heterocycles. The van der Waals surface area contributed by atoms with Crippen molar-refractivity contribution in [3.63, 3.8) is 0 Å². The van der Waals surface area contributed by atoms with Crippen LogP contribution in [0.4, 0.5) is 0 Å². The van der Waals surface area contributed by atoms with E-state index in [2.05, 4.69) is 23.3 Å². The minimum atomic E-state index is 0.490. The first-order valence-corrected chi connectivity index (χ1v) is 7.06. The van der Waals surface area contributed by atoms with Crippen LogP contribution in [0.1, 0.15) is 4.88 Å². The third-order valence-corrected chi connectivity index (χ3v) is 4.39. The Morgan fingerprint density at radius 3 is 3.00 bits per heavy atom. The molecule has 1 aromatic heterocycles. The maximum atomic E-state index is 5.93. The van der Waals surface area contributed by atoms with Crippen molar-refractivity contribution < 1.29 is 4.74 Å². The van der Waals surface area contributed by atoms with Gasteiger partial charge in [-0.15, -0.1) is 11.3 Å². The Bertz CT molecular complexity index is 358. The lowest BCUT2D eigenvalue weighted by molar-refractivity contribution is 0.172. The van der Waals surface area contributed by atoms with E-state index in [1.54, 1.807) is 11.3 Å². The van der Waals surface area contributed by atoms with Crippen LogP contribution in [0.2, 0.25) is 4.34 Å². The molecule has 2 rings (SSSR count). The summed E-state index contributed by atoms with van der Waals surface area (Å²) in [6, 6.07) is 4.55. The summed E-state index contributed by atoms with van der Waals surface area (Å²) in [5.74, 6) is 0.584. The fourth-order valence-corrected chi connectivity index (χ4v) is 3.43. The van der Waals surface area contributed by atoms with E-state index >= 15 is 0 Å². The van der Waals surface area contributed by atoms with E-state index in [0.29, 0.717) is 12.0 Å². The second-order valence-corrected chi connectivity index (χ2v) is 6.39. The van der Waals surface area contributed by atoms with Gasteiger partial charge in [-0.2, -0.15) is 0 Å². The number of hydrogen-bond donors (Lipinski definition) is 1. The van der Waals surface area contributed by atoms with Gasteiger partial charge in [-0.25, -0.2) is 0 Å². The number of nitrogens with one attached hydrogen (secondary N) is 1. The standard InChI is InChI=1S/C12H19ClN2OS/c1-14-11-8-16-7-9(11)5-15(2)6-10-3-4-12(13)17-10/h3-4,9,11,14H,5-8H2,1-2H3. The monoisotopic (exact) mass is 274 g/mol. The first-order chi connectivity index (χ1) is 8.19. The molecule has 0 aromatic carbocycles. The molecule has 0 spiro atoms. The molecule has 1 aromatic rings. The molecule has 3 nitrogen and oxygen atoms in total. The number of nitrogens with zero attached hydrogens (tertiary/aromatic N) is 1. The van der Waals surface area contributed by atoms with Crippen LogP contribution in [0, 0.1) is 5.92 Å². The highest BCUT2D eigenvalue weighted by Gasteiger charge is 2.27. The number of halogens is 1. The third kappa shape index (κ3) is 3.66. The molecule has 0 saturated carbocycles. The summed E-state index contributed by atoms with van der Waals surface area (Å²) < 4.78 is 6.37. The number of hydrogen-bond acceptors (Lipinski definition) is 4. The second-order valence-electron chi connectivity index (χ2n) is 4.60. The lowest BCUT2D eigenvalue weighted by Crippen LogP contribution is -2.38. The SMILES string of the molecule is CNC1COCC1CN(C)Cc1ccc(Cl)s1. The van der Waals surface area contributed by atoms with Gasteiger partial charge < -0.3 is 15.0 Å². The van der Waals surface area contributed by atoms with E-state index in [1.807, 2.05) is 13.1 Å². The predicted octanol–water partition coefficient (Wildman–Crippen LogP) is 2.07. The van der Waals surface area contributed by atoms with Crippen molar-refractivity contribution in [3.05, 3.63) is 21.3 Å². The Balaban J connectivity index is 1.82. The van der Waals surface area contributed by atoms with Crippen LogP contribution < -0.4 is 5.32 Å². The summed E-state index contributed by atoms with van der Waals surface area (Å²) in [5, 5.41) is 3.32. The van der Waals surface area contributed by atoms with Gasteiger partial charge in [-0.05, 0) is 26.2 Å². The molecule has 1 N–H and O–H groups in total. The number of rotatable bonds is 5. The van der Waals surface area contributed by atoms with Gasteiger partial charge >= 0.3 is 0 Å². The molecule has 2 heterocycles. The van der Waals surface area contributed by atoms with Gasteiger partial charge in [0.25, 0.3) is 0 Å². The molecule has 2 unspecified atom stereocenters. The lowest BCUT2D eigenvalue weighted by Gasteiger charge is -2.23. The van der Waals surface area contributed by atoms with Crippen molar-refractivity contribution in [1.29, 1.82) is 0 Å². The zero-order chi connectivity index (χ0) is 12.3. The van der Waals surface area contributed by atoms with Crippen molar-refractivity contribution in [1.82, 2.24) is 10.2 Å². The third-order valence-electron chi connectivity index (χ3n) is 3.17. The molecule has 1 fully saturated rings. The predicted molar refractivity (Wildman–Crippen MR) is 72.8 cm³/mol. The van der Waals surface area contributed by atoms with Gasteiger partial charge in [0.05, 0.1) is 17.6 Å². The minimum Gasteiger partial charge on any atom is -0.379 e. The van der Waals surface area contributed by atoms with Crippen LogP contribution in [0.5, 0.6) is 0 Å². The zero-order valence-corrected chi connectivity index (χ0v) is 11.9. The average Bonchev–Trinajstić information content (AvgIpc) is 2.87. The summed E-state index contributed by atoms with van der Waals surface area (Å²) in [5.41, 5.74) is 0. The van der Waals surface area contributed by atoms with E-state index in [0.717, 1.165) is 30.6 Å². The van der Waals surface area contributed by atoms with E-state index in [-0.39, 0.29) is 0 Å². The maximum absolute atomic E-state index is 5.93. The van der Waals surface area contributed by atoms with Gasteiger partial charge in [0.15, 0.2) is 0 Å². The summed E-state index contributed by atoms with van der Waals surface area (Å²) in [6.07, 6.45) is 0. The van der Waals surface area contributed by atoms with Gasteiger partial charge in [0, 0.05) is 29.9 Å². The van der Waals surface area contributed by atoms with Crippen LogP contribution in [-0.4, -0.2) is 44.8 Å². The lowest BCUT2D eigenvalue weighted by atomic mass is 10.0. The van der Waals surface area contributed by atoms with Gasteiger partial charge in [-0.3, -0.25) is 0 Å². The summed E-state index contributed by atoms with van der Waals surface area (Å²) >= 11 is 7.59. The van der Waals surface area contributed by atoms with Gasteiger partial charge in [0.2, 0.25) is 0 Å². The van der Waals surface area contributed by atoms with Crippen molar-refractivity contribution >= 4 is 22.9 Å². The van der Waals surface area contributed by atoms with Crippen LogP contribution in [0.3, 0.4) is 0 Å². The topological polar surface area (TPSA) is 24.5 Å². The minimum absolute atomic E-state index is 0.490. The highest BCUT2D eigenvalue weighted by atomic mass is 35.5. The highest BCUT2D eigenvalue weighted by molar-refractivity contribution is 7.16. The van der Waals surface area contributed by atoms with Gasteiger partial charge in [0.1, 0.15) is 0 Å². The number of thiophene rings is 1. The van der Waals surface area contributed by atoms with Crippen molar-refractivity contribution in [2.24, 2.45) is 5.92 Å². The fraction of sp³-hybridized carbons (Fsp3) is 0.667. The van der Waals surface area contributed by atoms with E-state index < -0.39 is 0 Å². The Morgan fingerprint density at radius 2 is 2.35 bits per heavy atom. The van der Waals surface area contributed by atoms with E-state index in [1.165, 1.54) is 4.88 Å². The van der Waals surface area contributed by atoms with Crippen molar-refractivity contribution in [2.75, 3.05) is 33.9 Å². The first-order valence-electron chi connectivity index (χ1n) is 5.87. The normalized spacial score (nSPS) is 24.7. The Hall–Kier alpha value is -0.130. The number of likely N-dealkylation sites (N-methyl/N-ethyl adjacent to an activating group) is 1. The Kier molecular flexibility index (Phi) is 4.82. The molecule has 1 aliphatic rings. The van der Waals surface area contributed by atoms with Crippen molar-refractivity contribution in [2.45, 2.75) is 12.6 Å². The molecule has 0 radical (unpaired) electrons. The molecule has 96 valence electrons.